The molecular weight excluding hydrogens is 334 g/mol. The lowest BCUT2D eigenvalue weighted by Gasteiger charge is -2.31. The minimum Gasteiger partial charge on any atom is -0.352 e. The molecule has 1 N–H and O–H groups in total. The predicted molar refractivity (Wildman–Crippen MR) is 102 cm³/mol. The summed E-state index contributed by atoms with van der Waals surface area (Å²) in [5.41, 5.74) is 3.33. The SMILES string of the molecule is CC(=O)Nc1cccc2c1CCN(c1cc3ccccc3c(Cl)n1)C2. The molecule has 2 heterocycles. The van der Waals surface area contributed by atoms with E-state index in [2.05, 4.69) is 33.4 Å². The second-order valence-corrected chi connectivity index (χ2v) is 6.65. The van der Waals surface area contributed by atoms with Gasteiger partial charge < -0.3 is 10.2 Å². The van der Waals surface area contributed by atoms with Gasteiger partial charge in [-0.3, -0.25) is 4.79 Å². The van der Waals surface area contributed by atoms with Gasteiger partial charge in [0.15, 0.2) is 0 Å². The summed E-state index contributed by atoms with van der Waals surface area (Å²) < 4.78 is 0. The van der Waals surface area contributed by atoms with Crippen LogP contribution >= 0.6 is 11.6 Å². The zero-order valence-electron chi connectivity index (χ0n) is 13.9. The molecule has 0 unspecified atom stereocenters. The Morgan fingerprint density at radius 1 is 1.20 bits per heavy atom. The van der Waals surface area contributed by atoms with Gasteiger partial charge in [0.1, 0.15) is 11.0 Å². The van der Waals surface area contributed by atoms with Crippen molar-refractivity contribution >= 4 is 39.8 Å². The molecule has 1 aliphatic rings. The molecule has 2 aromatic carbocycles. The molecule has 0 bridgehead atoms. The number of benzene rings is 2. The Kier molecular flexibility index (Phi) is 4.06. The van der Waals surface area contributed by atoms with Crippen LogP contribution in [0.2, 0.25) is 5.15 Å². The van der Waals surface area contributed by atoms with Gasteiger partial charge in [-0.1, -0.05) is 48.0 Å². The molecule has 1 aliphatic heterocycles. The van der Waals surface area contributed by atoms with Crippen LogP contribution in [0.25, 0.3) is 10.8 Å². The van der Waals surface area contributed by atoms with Gasteiger partial charge >= 0.3 is 0 Å². The van der Waals surface area contributed by atoms with E-state index in [0.29, 0.717) is 5.15 Å². The van der Waals surface area contributed by atoms with Crippen LogP contribution in [0, 0.1) is 0 Å². The van der Waals surface area contributed by atoms with E-state index >= 15 is 0 Å². The third-order valence-electron chi connectivity index (χ3n) is 4.58. The van der Waals surface area contributed by atoms with E-state index < -0.39 is 0 Å². The Labute approximate surface area is 151 Å². The summed E-state index contributed by atoms with van der Waals surface area (Å²) in [4.78, 5) is 18.2. The van der Waals surface area contributed by atoms with Crippen LogP contribution in [0.5, 0.6) is 0 Å². The summed E-state index contributed by atoms with van der Waals surface area (Å²) >= 11 is 6.38. The van der Waals surface area contributed by atoms with E-state index in [1.807, 2.05) is 30.3 Å². The Balaban J connectivity index is 1.68. The number of pyridine rings is 1. The lowest BCUT2D eigenvalue weighted by molar-refractivity contribution is -0.114. The fraction of sp³-hybridized carbons (Fsp3) is 0.200. The highest BCUT2D eigenvalue weighted by Gasteiger charge is 2.21. The molecule has 0 saturated heterocycles. The van der Waals surface area contributed by atoms with Crippen LogP contribution in [0.15, 0.2) is 48.5 Å². The molecule has 1 aromatic heterocycles. The van der Waals surface area contributed by atoms with Crippen molar-refractivity contribution in [2.24, 2.45) is 0 Å². The van der Waals surface area contributed by atoms with Crippen molar-refractivity contribution in [3.05, 3.63) is 64.8 Å². The number of anilines is 2. The molecule has 126 valence electrons. The third kappa shape index (κ3) is 3.05. The topological polar surface area (TPSA) is 45.2 Å². The summed E-state index contributed by atoms with van der Waals surface area (Å²) in [5, 5.41) is 5.52. The Morgan fingerprint density at radius 3 is 2.88 bits per heavy atom. The maximum absolute atomic E-state index is 11.4. The summed E-state index contributed by atoms with van der Waals surface area (Å²) in [6.45, 7) is 3.13. The highest BCUT2D eigenvalue weighted by Crippen LogP contribution is 2.31. The van der Waals surface area contributed by atoms with Crippen LogP contribution in [0.1, 0.15) is 18.1 Å². The van der Waals surface area contributed by atoms with Crippen molar-refractivity contribution in [3.63, 3.8) is 0 Å². The smallest absolute Gasteiger partial charge is 0.221 e. The first-order valence-corrected chi connectivity index (χ1v) is 8.68. The molecule has 25 heavy (non-hydrogen) atoms. The average Bonchev–Trinajstić information content (AvgIpc) is 2.61. The van der Waals surface area contributed by atoms with E-state index in [1.165, 1.54) is 18.1 Å². The maximum Gasteiger partial charge on any atom is 0.221 e. The number of nitrogens with one attached hydrogen (secondary N) is 1. The van der Waals surface area contributed by atoms with Gasteiger partial charge in [0.2, 0.25) is 5.91 Å². The highest BCUT2D eigenvalue weighted by atomic mass is 35.5. The van der Waals surface area contributed by atoms with E-state index in [1.54, 1.807) is 0 Å². The minimum atomic E-state index is -0.0428. The van der Waals surface area contributed by atoms with Crippen LogP contribution < -0.4 is 10.2 Å². The first-order chi connectivity index (χ1) is 12.1. The molecule has 4 rings (SSSR count). The Bertz CT molecular complexity index is 970. The summed E-state index contributed by atoms with van der Waals surface area (Å²) in [6.07, 6.45) is 0.859. The van der Waals surface area contributed by atoms with Gasteiger partial charge in [0.05, 0.1) is 0 Å². The normalized spacial score (nSPS) is 13.6. The fourth-order valence-corrected chi connectivity index (χ4v) is 3.68. The van der Waals surface area contributed by atoms with Gasteiger partial charge in [-0.15, -0.1) is 0 Å². The Hall–Kier alpha value is -2.59. The maximum atomic E-state index is 11.4. The number of hydrogen-bond acceptors (Lipinski definition) is 3. The zero-order valence-corrected chi connectivity index (χ0v) is 14.7. The molecule has 4 nitrogen and oxygen atoms in total. The summed E-state index contributed by atoms with van der Waals surface area (Å²) in [6, 6.07) is 16.2. The minimum absolute atomic E-state index is 0.0428. The molecule has 5 heteroatoms. The van der Waals surface area contributed by atoms with Crippen molar-refractivity contribution in [2.75, 3.05) is 16.8 Å². The van der Waals surface area contributed by atoms with Gasteiger partial charge in [-0.25, -0.2) is 4.98 Å². The lowest BCUT2D eigenvalue weighted by Crippen LogP contribution is -2.31. The quantitative estimate of drug-likeness (QED) is 0.695. The third-order valence-corrected chi connectivity index (χ3v) is 4.87. The van der Waals surface area contributed by atoms with Crippen molar-refractivity contribution in [1.82, 2.24) is 4.98 Å². The number of fused-ring (bicyclic) bond motifs is 2. The molecule has 0 saturated carbocycles. The molecule has 0 aliphatic carbocycles. The first kappa shape index (κ1) is 15.9. The average molecular weight is 352 g/mol. The van der Waals surface area contributed by atoms with Gasteiger partial charge in [-0.05, 0) is 35.1 Å². The summed E-state index contributed by atoms with van der Waals surface area (Å²) in [7, 11) is 0. The van der Waals surface area contributed by atoms with Crippen LogP contribution in [0.4, 0.5) is 11.5 Å². The molecule has 0 atom stereocenters. The number of nitrogens with zero attached hydrogens (tertiary/aromatic N) is 2. The number of hydrogen-bond donors (Lipinski definition) is 1. The molecule has 1 amide bonds. The molecule has 0 fully saturated rings. The second kappa shape index (κ2) is 6.37. The monoisotopic (exact) mass is 351 g/mol. The number of carbonyl (C=O) groups is 1. The van der Waals surface area contributed by atoms with Crippen molar-refractivity contribution in [2.45, 2.75) is 19.9 Å². The predicted octanol–water partition coefficient (Wildman–Crippen LogP) is 4.41. The van der Waals surface area contributed by atoms with Gasteiger partial charge in [0.25, 0.3) is 0 Å². The number of halogens is 1. The Morgan fingerprint density at radius 2 is 2.04 bits per heavy atom. The largest absolute Gasteiger partial charge is 0.352 e. The first-order valence-electron chi connectivity index (χ1n) is 8.30. The molecule has 0 spiro atoms. The summed E-state index contributed by atoms with van der Waals surface area (Å²) in [5.74, 6) is 0.845. The second-order valence-electron chi connectivity index (χ2n) is 6.29. The van der Waals surface area contributed by atoms with E-state index in [9.17, 15) is 4.79 Å². The number of amides is 1. The van der Waals surface area contributed by atoms with Gasteiger partial charge in [0, 0.05) is 31.1 Å². The molecule has 0 radical (unpaired) electrons. The van der Waals surface area contributed by atoms with Crippen molar-refractivity contribution < 1.29 is 4.79 Å². The highest BCUT2D eigenvalue weighted by molar-refractivity contribution is 6.34. The zero-order chi connectivity index (χ0) is 17.4. The van der Waals surface area contributed by atoms with Crippen molar-refractivity contribution in [1.29, 1.82) is 0 Å². The van der Waals surface area contributed by atoms with E-state index in [0.717, 1.165) is 41.8 Å². The lowest BCUT2D eigenvalue weighted by atomic mass is 9.97. The molecular formula is C20H18ClN3O. The molecule has 3 aromatic rings. The van der Waals surface area contributed by atoms with Crippen LogP contribution in [-0.2, 0) is 17.8 Å². The number of carbonyl (C=O) groups excluding carboxylic acids is 1. The van der Waals surface area contributed by atoms with E-state index in [4.69, 9.17) is 11.6 Å². The standard InChI is InChI=1S/C20H18ClN3O/c1-13(25)22-18-8-4-6-15-12-24(10-9-16(15)18)19-11-14-5-2-3-7-17(14)20(21)23-19/h2-8,11H,9-10,12H2,1H3,(H,22,25). The van der Waals surface area contributed by atoms with E-state index in [-0.39, 0.29) is 5.91 Å². The van der Waals surface area contributed by atoms with Crippen molar-refractivity contribution in [3.8, 4) is 0 Å². The number of aromatic nitrogens is 1. The van der Waals surface area contributed by atoms with Crippen LogP contribution in [0.3, 0.4) is 0 Å². The van der Waals surface area contributed by atoms with Crippen LogP contribution in [-0.4, -0.2) is 17.4 Å². The number of rotatable bonds is 2. The van der Waals surface area contributed by atoms with Gasteiger partial charge in [-0.2, -0.15) is 0 Å². The fourth-order valence-electron chi connectivity index (χ4n) is 3.42.